The third kappa shape index (κ3) is 2.84. The molecular formula is C23H22N4O2S. The van der Waals surface area contributed by atoms with E-state index in [0.29, 0.717) is 5.69 Å². The number of aromatic nitrogens is 3. The standard InChI is InChI=1S/C23H22N4O2S/c1-3-15(2)19-14-18-21(30-20(24-18)16-10-6-4-7-11-16)27-23(29)25(22(28)26(19)27)17-12-8-5-9-13-17/h4-15,19,21H,3H2,1-2H3/t15-,19+,21+/m0/s1. The van der Waals surface area contributed by atoms with Crippen LogP contribution in [0.3, 0.4) is 0 Å². The molecule has 7 heteroatoms. The number of benzene rings is 2. The molecule has 0 amide bonds. The number of para-hydroxylation sites is 1. The van der Waals surface area contributed by atoms with Crippen LogP contribution in [0.15, 0.2) is 87.0 Å². The summed E-state index contributed by atoms with van der Waals surface area (Å²) in [6, 6.07) is 18.8. The van der Waals surface area contributed by atoms with Crippen LogP contribution in [0.5, 0.6) is 0 Å². The van der Waals surface area contributed by atoms with Gasteiger partial charge in [-0.2, -0.15) is 0 Å². The first-order chi connectivity index (χ1) is 14.6. The van der Waals surface area contributed by atoms with Crippen LogP contribution in [0.25, 0.3) is 5.69 Å². The Balaban J connectivity index is 1.70. The minimum Gasteiger partial charge on any atom is -0.245 e. The quantitative estimate of drug-likeness (QED) is 0.644. The maximum absolute atomic E-state index is 13.5. The van der Waals surface area contributed by atoms with Crippen molar-refractivity contribution in [3.8, 4) is 5.69 Å². The lowest BCUT2D eigenvalue weighted by Crippen LogP contribution is -2.37. The summed E-state index contributed by atoms with van der Waals surface area (Å²) < 4.78 is 4.51. The average Bonchev–Trinajstić information content (AvgIpc) is 3.32. The molecule has 0 fully saturated rings. The fourth-order valence-corrected chi connectivity index (χ4v) is 5.20. The molecule has 0 saturated heterocycles. The number of aliphatic imine (C=N–C) groups is 1. The highest BCUT2D eigenvalue weighted by molar-refractivity contribution is 8.14. The fourth-order valence-electron chi connectivity index (χ4n) is 4.02. The van der Waals surface area contributed by atoms with E-state index in [0.717, 1.165) is 22.7 Å². The molecule has 2 aromatic carbocycles. The van der Waals surface area contributed by atoms with Crippen molar-refractivity contribution in [2.24, 2.45) is 10.9 Å². The van der Waals surface area contributed by atoms with Crippen molar-refractivity contribution in [1.82, 2.24) is 13.9 Å². The third-order valence-electron chi connectivity index (χ3n) is 5.82. The fraction of sp³-hybridized carbons (Fsp3) is 0.261. The second-order valence-corrected chi connectivity index (χ2v) is 8.72. The van der Waals surface area contributed by atoms with Crippen LogP contribution in [-0.4, -0.2) is 19.0 Å². The highest BCUT2D eigenvalue weighted by Gasteiger charge is 2.39. The SMILES string of the molecule is CC[C@H](C)[C@H]1C=C2N=C(c3ccccc3)S[C@H]2n2c(=O)n(-c3ccccc3)c(=O)n21. The Morgan fingerprint density at radius 3 is 2.27 bits per heavy atom. The smallest absolute Gasteiger partial charge is 0.245 e. The van der Waals surface area contributed by atoms with Crippen molar-refractivity contribution in [3.05, 3.63) is 99.0 Å². The normalized spacial score (nSPS) is 20.9. The van der Waals surface area contributed by atoms with Crippen molar-refractivity contribution in [1.29, 1.82) is 0 Å². The van der Waals surface area contributed by atoms with E-state index in [2.05, 4.69) is 19.9 Å². The van der Waals surface area contributed by atoms with Gasteiger partial charge in [0.2, 0.25) is 0 Å². The first-order valence-corrected chi connectivity index (χ1v) is 11.0. The average molecular weight is 419 g/mol. The predicted octanol–water partition coefficient (Wildman–Crippen LogP) is 3.98. The molecule has 2 aliphatic rings. The van der Waals surface area contributed by atoms with Gasteiger partial charge in [0, 0.05) is 5.56 Å². The Hall–Kier alpha value is -3.06. The van der Waals surface area contributed by atoms with Gasteiger partial charge in [0.15, 0.2) is 0 Å². The van der Waals surface area contributed by atoms with Crippen LogP contribution < -0.4 is 11.4 Å². The van der Waals surface area contributed by atoms with Gasteiger partial charge < -0.3 is 0 Å². The summed E-state index contributed by atoms with van der Waals surface area (Å²) >= 11 is 1.51. The molecule has 152 valence electrons. The van der Waals surface area contributed by atoms with E-state index >= 15 is 0 Å². The second-order valence-electron chi connectivity index (χ2n) is 7.65. The lowest BCUT2D eigenvalue weighted by atomic mass is 9.97. The molecule has 30 heavy (non-hydrogen) atoms. The summed E-state index contributed by atoms with van der Waals surface area (Å²) in [5.74, 6) is 0.189. The van der Waals surface area contributed by atoms with Crippen LogP contribution >= 0.6 is 11.8 Å². The summed E-state index contributed by atoms with van der Waals surface area (Å²) in [7, 11) is 0. The van der Waals surface area contributed by atoms with Gasteiger partial charge in [-0.1, -0.05) is 80.6 Å². The molecule has 1 aromatic heterocycles. The number of fused-ring (bicyclic) bond motifs is 3. The Morgan fingerprint density at radius 2 is 1.60 bits per heavy atom. The van der Waals surface area contributed by atoms with Gasteiger partial charge in [-0.25, -0.2) is 28.5 Å². The summed E-state index contributed by atoms with van der Waals surface area (Å²) in [6.07, 6.45) is 2.95. The van der Waals surface area contributed by atoms with E-state index in [9.17, 15) is 9.59 Å². The number of rotatable bonds is 4. The molecule has 2 aliphatic heterocycles. The van der Waals surface area contributed by atoms with Crippen molar-refractivity contribution >= 4 is 16.8 Å². The molecule has 0 saturated carbocycles. The molecule has 0 aliphatic carbocycles. The first-order valence-electron chi connectivity index (χ1n) is 10.1. The molecule has 5 rings (SSSR count). The van der Waals surface area contributed by atoms with Gasteiger partial charge in [-0.3, -0.25) is 0 Å². The van der Waals surface area contributed by atoms with Crippen molar-refractivity contribution < 1.29 is 0 Å². The van der Waals surface area contributed by atoms with Crippen molar-refractivity contribution in [3.63, 3.8) is 0 Å². The van der Waals surface area contributed by atoms with Crippen LogP contribution in [0, 0.1) is 5.92 Å². The lowest BCUT2D eigenvalue weighted by Gasteiger charge is -2.29. The van der Waals surface area contributed by atoms with Crippen molar-refractivity contribution in [2.45, 2.75) is 31.7 Å². The number of hydrogen-bond acceptors (Lipinski definition) is 4. The Bertz CT molecular complexity index is 1270. The molecule has 0 spiro atoms. The summed E-state index contributed by atoms with van der Waals surface area (Å²) in [5.41, 5.74) is 1.81. The highest BCUT2D eigenvalue weighted by Crippen LogP contribution is 2.44. The molecule has 3 aromatic rings. The first kappa shape index (κ1) is 18.9. The third-order valence-corrected chi connectivity index (χ3v) is 7.04. The van der Waals surface area contributed by atoms with E-state index in [4.69, 9.17) is 4.99 Å². The maximum Gasteiger partial charge on any atom is 0.353 e. The number of nitrogens with zero attached hydrogens (tertiary/aromatic N) is 4. The molecule has 6 nitrogen and oxygen atoms in total. The Labute approximate surface area is 178 Å². The zero-order valence-corrected chi connectivity index (χ0v) is 17.6. The zero-order valence-electron chi connectivity index (χ0n) is 16.8. The van der Waals surface area contributed by atoms with Crippen LogP contribution in [0.1, 0.15) is 37.2 Å². The van der Waals surface area contributed by atoms with E-state index in [1.807, 2.05) is 48.5 Å². The van der Waals surface area contributed by atoms with Gasteiger partial charge in [-0.15, -0.1) is 0 Å². The predicted molar refractivity (Wildman–Crippen MR) is 120 cm³/mol. The van der Waals surface area contributed by atoms with Gasteiger partial charge in [0.25, 0.3) is 0 Å². The number of hydrogen-bond donors (Lipinski definition) is 0. The molecule has 0 N–H and O–H groups in total. The summed E-state index contributed by atoms with van der Waals surface area (Å²) in [5, 5.41) is 0.528. The number of allylic oxidation sites excluding steroid dienone is 1. The molecular weight excluding hydrogens is 396 g/mol. The van der Waals surface area contributed by atoms with Gasteiger partial charge in [0.05, 0.1) is 17.4 Å². The molecule has 3 heterocycles. The Morgan fingerprint density at radius 1 is 0.967 bits per heavy atom. The summed E-state index contributed by atoms with van der Waals surface area (Å²) in [6.45, 7) is 4.20. The second kappa shape index (κ2) is 7.32. The zero-order chi connectivity index (χ0) is 20.8. The molecule has 0 radical (unpaired) electrons. The van der Waals surface area contributed by atoms with Gasteiger partial charge in [0.1, 0.15) is 10.4 Å². The largest absolute Gasteiger partial charge is 0.353 e. The monoisotopic (exact) mass is 418 g/mol. The van der Waals surface area contributed by atoms with E-state index in [1.165, 1.54) is 16.3 Å². The van der Waals surface area contributed by atoms with Crippen LogP contribution in [0.4, 0.5) is 0 Å². The molecule has 0 bridgehead atoms. The van der Waals surface area contributed by atoms with E-state index in [1.54, 1.807) is 21.5 Å². The van der Waals surface area contributed by atoms with Gasteiger partial charge >= 0.3 is 11.4 Å². The molecule has 0 unspecified atom stereocenters. The number of thioether (sulfide) groups is 1. The van der Waals surface area contributed by atoms with E-state index in [-0.39, 0.29) is 28.7 Å². The minimum absolute atomic E-state index is 0.189. The van der Waals surface area contributed by atoms with Gasteiger partial charge in [-0.05, 0) is 24.1 Å². The maximum atomic E-state index is 13.5. The van der Waals surface area contributed by atoms with E-state index < -0.39 is 0 Å². The van der Waals surface area contributed by atoms with Crippen LogP contribution in [0.2, 0.25) is 0 Å². The minimum atomic E-state index is -0.342. The topological polar surface area (TPSA) is 61.3 Å². The Kier molecular flexibility index (Phi) is 4.62. The molecule has 3 atom stereocenters. The lowest BCUT2D eigenvalue weighted by molar-refractivity contribution is 0.302. The van der Waals surface area contributed by atoms with Crippen LogP contribution in [-0.2, 0) is 0 Å². The summed E-state index contributed by atoms with van der Waals surface area (Å²) in [4.78, 5) is 31.8. The highest BCUT2D eigenvalue weighted by atomic mass is 32.2. The van der Waals surface area contributed by atoms with Crippen molar-refractivity contribution in [2.75, 3.05) is 0 Å².